The number of benzene rings is 4. The van der Waals surface area contributed by atoms with Gasteiger partial charge in [-0.25, -0.2) is 4.58 Å². The van der Waals surface area contributed by atoms with Crippen molar-refractivity contribution in [3.05, 3.63) is 144 Å². The van der Waals surface area contributed by atoms with E-state index in [4.69, 9.17) is 0 Å². The van der Waals surface area contributed by atoms with Gasteiger partial charge in [-0.2, -0.15) is 25.3 Å². The second-order valence-corrected chi connectivity index (χ2v) is 16.3. The summed E-state index contributed by atoms with van der Waals surface area (Å²) in [7, 11) is -11.5. The molecule has 14 heteroatoms. The van der Waals surface area contributed by atoms with Crippen LogP contribution in [0.1, 0.15) is 30.5 Å². The molecule has 0 saturated heterocycles. The monoisotopic (exact) mass is 750 g/mol. The Bertz CT molecular complexity index is 2430. The molecule has 11 nitrogen and oxygen atoms in total. The predicted molar refractivity (Wildman–Crippen MR) is 197 cm³/mol. The zero-order valence-corrected chi connectivity index (χ0v) is 30.5. The average molecular weight is 751 g/mol. The Morgan fingerprint density at radius 3 is 1.80 bits per heavy atom. The molecule has 0 aromatic heterocycles. The van der Waals surface area contributed by atoms with E-state index in [-0.39, 0.29) is 24.7 Å². The number of nitrogens with zero attached hydrogens (tertiary/aromatic N) is 2. The molecule has 1 aliphatic carbocycles. The fourth-order valence-electron chi connectivity index (χ4n) is 6.05. The third kappa shape index (κ3) is 8.34. The van der Waals surface area contributed by atoms with Crippen molar-refractivity contribution in [3.63, 3.8) is 0 Å². The summed E-state index contributed by atoms with van der Waals surface area (Å²) in [5, 5.41) is 0. The maximum atomic E-state index is 12.6. The van der Waals surface area contributed by atoms with Crippen molar-refractivity contribution in [2.45, 2.75) is 35.1 Å². The van der Waals surface area contributed by atoms with Crippen LogP contribution in [0, 0.1) is 0 Å². The molecule has 0 amide bonds. The topological polar surface area (TPSA) is 166 Å². The van der Waals surface area contributed by atoms with Gasteiger partial charge in [-0.1, -0.05) is 36.4 Å². The van der Waals surface area contributed by atoms with Gasteiger partial charge >= 0.3 is 0 Å². The van der Waals surface area contributed by atoms with Gasteiger partial charge in [0, 0.05) is 41.5 Å². The number of rotatable bonds is 11. The molecule has 4 aromatic rings. The minimum absolute atomic E-state index is 0.190. The lowest BCUT2D eigenvalue weighted by atomic mass is 9.90. The standard InChI is InChI=1S/C37H36N2O9S3/c1-4-38(26-27-10-8-12-33(24-27)49(40,41)42)30-20-16-28(17-21-30)37(35-14-6-7-15-36(35)51(46,47)48)29-18-22-31(23-19-29)39(3,5-2)32-11-9-13-34(25-32)50(43,44)45/h6-25H,4-5,26H2,1-3H3,(H-2,40,41,42,43,44,45,46,47,48)/p+2. The number of hydrogen-bond donors (Lipinski definition) is 3. The largest absolute Gasteiger partial charge is 0.295 e. The highest BCUT2D eigenvalue weighted by molar-refractivity contribution is 7.86. The fourth-order valence-corrected chi connectivity index (χ4v) is 7.82. The summed E-state index contributed by atoms with van der Waals surface area (Å²) in [6.07, 6.45) is 7.40. The molecule has 0 saturated carbocycles. The van der Waals surface area contributed by atoms with Gasteiger partial charge in [-0.3, -0.25) is 18.1 Å². The molecule has 0 radical (unpaired) electrons. The van der Waals surface area contributed by atoms with E-state index in [1.807, 2.05) is 74.0 Å². The summed E-state index contributed by atoms with van der Waals surface area (Å²) < 4.78 is 104. The van der Waals surface area contributed by atoms with Crippen LogP contribution in [0.2, 0.25) is 0 Å². The van der Waals surface area contributed by atoms with Gasteiger partial charge in [-0.05, 0) is 85.2 Å². The van der Waals surface area contributed by atoms with Crippen molar-refractivity contribution >= 4 is 53.0 Å². The SMILES string of the molecule is CC[N+](Cc1cccc(S(=O)(=O)O)c1)=C1C=CC(=C(c2ccc([N+](C)(CC)c3cccc(S(=O)(=O)O)c3)cc2)c2ccccc2S(=O)(=O)O)C=C1. The Morgan fingerprint density at radius 1 is 0.647 bits per heavy atom. The molecule has 1 unspecified atom stereocenters. The first-order valence-electron chi connectivity index (χ1n) is 15.9. The Hall–Kier alpha value is -4.54. The summed E-state index contributed by atoms with van der Waals surface area (Å²) in [6, 6.07) is 25.7. The first-order chi connectivity index (χ1) is 24.0. The normalized spacial score (nSPS) is 14.7. The molecule has 0 spiro atoms. The van der Waals surface area contributed by atoms with Gasteiger partial charge in [-0.15, -0.1) is 0 Å². The van der Waals surface area contributed by atoms with E-state index in [0.717, 1.165) is 11.4 Å². The van der Waals surface area contributed by atoms with Crippen LogP contribution in [0.5, 0.6) is 0 Å². The summed E-state index contributed by atoms with van der Waals surface area (Å²) >= 11 is 0. The maximum Gasteiger partial charge on any atom is 0.295 e. The van der Waals surface area contributed by atoms with Gasteiger partial charge in [0.1, 0.15) is 22.8 Å². The first-order valence-corrected chi connectivity index (χ1v) is 20.2. The van der Waals surface area contributed by atoms with Crippen molar-refractivity contribution < 1.29 is 43.5 Å². The van der Waals surface area contributed by atoms with E-state index in [1.165, 1.54) is 36.4 Å². The van der Waals surface area contributed by atoms with Gasteiger partial charge in [0.25, 0.3) is 30.4 Å². The lowest BCUT2D eigenvalue weighted by Gasteiger charge is -2.33. The van der Waals surface area contributed by atoms with Crippen molar-refractivity contribution in [2.75, 3.05) is 20.1 Å². The van der Waals surface area contributed by atoms with Crippen molar-refractivity contribution in [3.8, 4) is 0 Å². The smallest absolute Gasteiger partial charge is 0.282 e. The van der Waals surface area contributed by atoms with Crippen LogP contribution in [-0.4, -0.2) is 69.3 Å². The van der Waals surface area contributed by atoms with Crippen molar-refractivity contribution in [1.82, 2.24) is 4.48 Å². The van der Waals surface area contributed by atoms with E-state index in [0.29, 0.717) is 47.6 Å². The van der Waals surface area contributed by atoms with Crippen LogP contribution in [-0.2, 0) is 36.9 Å². The van der Waals surface area contributed by atoms with Crippen molar-refractivity contribution in [2.24, 2.45) is 0 Å². The Labute approximate surface area is 298 Å². The molecule has 1 aliphatic rings. The molecular formula is C37H38N2O9S3+2. The third-order valence-electron chi connectivity index (χ3n) is 8.95. The molecule has 266 valence electrons. The highest BCUT2D eigenvalue weighted by Gasteiger charge is 2.29. The molecular weight excluding hydrogens is 713 g/mol. The number of allylic oxidation sites excluding steroid dienone is 5. The van der Waals surface area contributed by atoms with E-state index in [2.05, 4.69) is 0 Å². The highest BCUT2D eigenvalue weighted by atomic mass is 32.2. The van der Waals surface area contributed by atoms with Gasteiger partial charge in [0.15, 0.2) is 12.3 Å². The minimum Gasteiger partial charge on any atom is -0.282 e. The van der Waals surface area contributed by atoms with Crippen LogP contribution in [0.15, 0.2) is 142 Å². The van der Waals surface area contributed by atoms with Gasteiger partial charge in [0.2, 0.25) is 0 Å². The third-order valence-corrected chi connectivity index (χ3v) is 11.6. The number of hydrogen-bond acceptors (Lipinski definition) is 6. The molecule has 51 heavy (non-hydrogen) atoms. The van der Waals surface area contributed by atoms with Gasteiger partial charge < -0.3 is 0 Å². The van der Waals surface area contributed by atoms with Crippen LogP contribution < -0.4 is 4.48 Å². The maximum absolute atomic E-state index is 12.6. The zero-order chi connectivity index (χ0) is 37.2. The molecule has 1 atom stereocenters. The van der Waals surface area contributed by atoms with Crippen LogP contribution in [0.3, 0.4) is 0 Å². The second kappa shape index (κ2) is 14.6. The Balaban J connectivity index is 1.61. The van der Waals surface area contributed by atoms with E-state index in [9.17, 15) is 38.9 Å². The summed E-state index contributed by atoms with van der Waals surface area (Å²) in [6.45, 7) is 5.35. The molecule has 0 aliphatic heterocycles. The molecule has 3 N–H and O–H groups in total. The van der Waals surface area contributed by atoms with Gasteiger partial charge in [0.05, 0.1) is 23.4 Å². The highest BCUT2D eigenvalue weighted by Crippen LogP contribution is 2.38. The minimum atomic E-state index is -4.62. The summed E-state index contributed by atoms with van der Waals surface area (Å²) in [4.78, 5) is -0.680. The van der Waals surface area contributed by atoms with E-state index < -0.39 is 30.4 Å². The quantitative estimate of drug-likeness (QED) is 0.0904. The molecule has 0 heterocycles. The number of quaternary nitrogens is 1. The van der Waals surface area contributed by atoms with E-state index in [1.54, 1.807) is 36.4 Å². The zero-order valence-electron chi connectivity index (χ0n) is 28.1. The van der Waals surface area contributed by atoms with Crippen LogP contribution >= 0.6 is 0 Å². The fraction of sp³-hybridized carbons (Fsp3) is 0.162. The first kappa shape index (κ1) is 37.7. The van der Waals surface area contributed by atoms with Crippen molar-refractivity contribution in [1.29, 1.82) is 0 Å². The molecule has 0 fully saturated rings. The summed E-state index contributed by atoms with van der Waals surface area (Å²) in [5.74, 6) is 0. The lowest BCUT2D eigenvalue weighted by molar-refractivity contribution is -0.539. The average Bonchev–Trinajstić information content (AvgIpc) is 3.10. The Kier molecular flexibility index (Phi) is 10.8. The predicted octanol–water partition coefficient (Wildman–Crippen LogP) is 6.32. The molecule has 4 aromatic carbocycles. The van der Waals surface area contributed by atoms with Crippen LogP contribution in [0.4, 0.5) is 11.4 Å². The Morgan fingerprint density at radius 2 is 1.24 bits per heavy atom. The molecule has 0 bridgehead atoms. The second-order valence-electron chi connectivity index (χ2n) is 12.1. The summed E-state index contributed by atoms with van der Waals surface area (Å²) in [5.41, 5.74) is 5.01. The molecule has 5 rings (SSSR count). The van der Waals surface area contributed by atoms with E-state index >= 15 is 0 Å². The van der Waals surface area contributed by atoms with Crippen LogP contribution in [0.25, 0.3) is 5.57 Å². The lowest BCUT2D eigenvalue weighted by Crippen LogP contribution is -2.39.